The number of hydrogen-bond acceptors (Lipinski definition) is 3. The Balaban J connectivity index is 1.59. The molecule has 0 radical (unpaired) electrons. The molecule has 3 nitrogen and oxygen atoms in total. The van der Waals surface area contributed by atoms with Crippen LogP contribution in [0.1, 0.15) is 48.8 Å². The third kappa shape index (κ3) is 3.73. The Bertz CT molecular complexity index is 780. The summed E-state index contributed by atoms with van der Waals surface area (Å²) in [5.74, 6) is 0. The third-order valence-corrected chi connectivity index (χ3v) is 5.97. The summed E-state index contributed by atoms with van der Waals surface area (Å²) in [6, 6.07) is 11.6. The number of alkyl halides is 3. The number of pyridine rings is 1. The van der Waals surface area contributed by atoms with Crippen molar-refractivity contribution in [3.8, 4) is 0 Å². The average Bonchev–Trinajstić information content (AvgIpc) is 2.63. The molecule has 1 aromatic heterocycles. The predicted molar refractivity (Wildman–Crippen MR) is 95.8 cm³/mol. The molecular formula is C21H23F3N2O. The van der Waals surface area contributed by atoms with Crippen molar-refractivity contribution < 1.29 is 18.3 Å². The number of aromatic nitrogens is 1. The molecule has 0 amide bonds. The summed E-state index contributed by atoms with van der Waals surface area (Å²) < 4.78 is 39.2. The van der Waals surface area contributed by atoms with Crippen molar-refractivity contribution >= 4 is 0 Å². The van der Waals surface area contributed by atoms with Gasteiger partial charge in [-0.3, -0.25) is 9.88 Å². The molecule has 3 heterocycles. The standard InChI is InChI=1S/C21H23F3N2O/c22-21(23,24)17-9-16(12-25-13-17)20(27)10-18-7-4-8-19(11-20)26(18)14-15-5-2-1-3-6-15/h1-3,5-6,9,12-13,18-19,27H,4,7-8,10-11,14H2. The molecule has 0 spiro atoms. The largest absolute Gasteiger partial charge is 0.417 e. The second kappa shape index (κ2) is 6.91. The molecule has 144 valence electrons. The Kier molecular flexibility index (Phi) is 4.72. The Morgan fingerprint density at radius 1 is 1.07 bits per heavy atom. The van der Waals surface area contributed by atoms with E-state index >= 15 is 0 Å². The van der Waals surface area contributed by atoms with Crippen LogP contribution in [-0.4, -0.2) is 27.1 Å². The molecule has 1 N–H and O–H groups in total. The number of rotatable bonds is 3. The maximum Gasteiger partial charge on any atom is 0.417 e. The van der Waals surface area contributed by atoms with Crippen molar-refractivity contribution in [3.63, 3.8) is 0 Å². The van der Waals surface area contributed by atoms with E-state index < -0.39 is 17.3 Å². The van der Waals surface area contributed by atoms with E-state index in [-0.39, 0.29) is 17.6 Å². The molecule has 2 saturated heterocycles. The lowest BCUT2D eigenvalue weighted by Gasteiger charge is -2.52. The van der Waals surface area contributed by atoms with Gasteiger partial charge in [0.15, 0.2) is 0 Å². The first-order chi connectivity index (χ1) is 12.9. The van der Waals surface area contributed by atoms with E-state index in [9.17, 15) is 18.3 Å². The van der Waals surface area contributed by atoms with Gasteiger partial charge < -0.3 is 5.11 Å². The van der Waals surface area contributed by atoms with Crippen LogP contribution in [0, 0.1) is 0 Å². The minimum absolute atomic E-state index is 0.164. The number of aliphatic hydroxyl groups is 1. The Morgan fingerprint density at radius 3 is 2.37 bits per heavy atom. The van der Waals surface area contributed by atoms with Crippen molar-refractivity contribution in [3.05, 3.63) is 65.5 Å². The van der Waals surface area contributed by atoms with E-state index in [4.69, 9.17) is 0 Å². The average molecular weight is 376 g/mol. The van der Waals surface area contributed by atoms with E-state index in [1.165, 1.54) is 11.8 Å². The number of halogens is 3. The lowest BCUT2D eigenvalue weighted by atomic mass is 9.72. The molecule has 2 aromatic rings. The van der Waals surface area contributed by atoms with Crippen LogP contribution in [0.3, 0.4) is 0 Å². The van der Waals surface area contributed by atoms with Crippen molar-refractivity contribution in [2.75, 3.05) is 0 Å². The molecule has 0 saturated carbocycles. The normalized spacial score (nSPS) is 28.9. The van der Waals surface area contributed by atoms with Crippen molar-refractivity contribution in [1.82, 2.24) is 9.88 Å². The van der Waals surface area contributed by atoms with Gasteiger partial charge in [-0.2, -0.15) is 13.2 Å². The van der Waals surface area contributed by atoms with Gasteiger partial charge in [-0.1, -0.05) is 36.8 Å². The third-order valence-electron chi connectivity index (χ3n) is 5.97. The monoisotopic (exact) mass is 376 g/mol. The molecular weight excluding hydrogens is 353 g/mol. The SMILES string of the molecule is OC1(c2cncc(C(F)(F)F)c2)CC2CCCC(C1)N2Cc1ccccc1. The maximum atomic E-state index is 13.1. The van der Waals surface area contributed by atoms with E-state index in [1.807, 2.05) is 18.2 Å². The topological polar surface area (TPSA) is 36.4 Å². The zero-order valence-corrected chi connectivity index (χ0v) is 15.0. The van der Waals surface area contributed by atoms with E-state index in [1.54, 1.807) is 0 Å². The van der Waals surface area contributed by atoms with Gasteiger partial charge in [-0.25, -0.2) is 0 Å². The molecule has 2 unspecified atom stereocenters. The number of fused-ring (bicyclic) bond motifs is 2. The summed E-state index contributed by atoms with van der Waals surface area (Å²) in [5.41, 5.74) is -0.545. The second-order valence-corrected chi connectivity index (χ2v) is 7.80. The van der Waals surface area contributed by atoms with Gasteiger partial charge in [0.2, 0.25) is 0 Å². The summed E-state index contributed by atoms with van der Waals surface area (Å²) in [5, 5.41) is 11.3. The number of piperidine rings is 2. The lowest BCUT2D eigenvalue weighted by molar-refractivity contribution is -0.138. The lowest BCUT2D eigenvalue weighted by Crippen LogP contribution is -2.56. The van der Waals surface area contributed by atoms with Crippen LogP contribution in [0.15, 0.2) is 48.8 Å². The molecule has 2 atom stereocenters. The fourth-order valence-corrected chi connectivity index (χ4v) is 4.66. The van der Waals surface area contributed by atoms with Crippen LogP contribution in [0.5, 0.6) is 0 Å². The van der Waals surface area contributed by atoms with E-state index in [0.717, 1.165) is 38.1 Å². The van der Waals surface area contributed by atoms with Crippen LogP contribution < -0.4 is 0 Å². The fraction of sp³-hybridized carbons (Fsp3) is 0.476. The number of hydrogen-bond donors (Lipinski definition) is 1. The van der Waals surface area contributed by atoms with Gasteiger partial charge in [0.25, 0.3) is 0 Å². The summed E-state index contributed by atoms with van der Waals surface area (Å²) in [6.45, 7) is 0.813. The van der Waals surface area contributed by atoms with Gasteiger partial charge >= 0.3 is 6.18 Å². The molecule has 0 aliphatic carbocycles. The van der Waals surface area contributed by atoms with Crippen LogP contribution in [-0.2, 0) is 18.3 Å². The molecule has 2 bridgehead atoms. The van der Waals surface area contributed by atoms with Crippen molar-refractivity contribution in [1.29, 1.82) is 0 Å². The Labute approximate surface area is 156 Å². The van der Waals surface area contributed by atoms with Gasteiger partial charge in [0.1, 0.15) is 0 Å². The number of nitrogens with zero attached hydrogens (tertiary/aromatic N) is 2. The van der Waals surface area contributed by atoms with Gasteiger partial charge in [0, 0.05) is 36.6 Å². The zero-order chi connectivity index (χ0) is 19.1. The Hall–Kier alpha value is -1.92. The van der Waals surface area contributed by atoms with Crippen LogP contribution in [0.2, 0.25) is 0 Å². The molecule has 4 rings (SSSR count). The second-order valence-electron chi connectivity index (χ2n) is 7.80. The minimum atomic E-state index is -4.46. The van der Waals surface area contributed by atoms with Gasteiger partial charge in [-0.05, 0) is 37.3 Å². The summed E-state index contributed by atoms with van der Waals surface area (Å²) in [4.78, 5) is 6.18. The summed E-state index contributed by atoms with van der Waals surface area (Å²) in [6.07, 6.45) is 1.64. The van der Waals surface area contributed by atoms with Crippen LogP contribution in [0.25, 0.3) is 0 Å². The number of benzene rings is 1. The molecule has 6 heteroatoms. The predicted octanol–water partition coefficient (Wildman–Crippen LogP) is 4.51. The first-order valence-electron chi connectivity index (χ1n) is 9.40. The van der Waals surface area contributed by atoms with Crippen LogP contribution >= 0.6 is 0 Å². The highest BCUT2D eigenvalue weighted by molar-refractivity contribution is 5.28. The quantitative estimate of drug-likeness (QED) is 0.857. The van der Waals surface area contributed by atoms with Crippen molar-refractivity contribution in [2.45, 2.75) is 62.5 Å². The molecule has 27 heavy (non-hydrogen) atoms. The first kappa shape index (κ1) is 18.4. The maximum absolute atomic E-state index is 13.1. The van der Waals surface area contributed by atoms with Gasteiger partial charge in [0.05, 0.1) is 11.2 Å². The molecule has 1 aromatic carbocycles. The van der Waals surface area contributed by atoms with Crippen molar-refractivity contribution in [2.24, 2.45) is 0 Å². The highest BCUT2D eigenvalue weighted by atomic mass is 19.4. The summed E-state index contributed by atoms with van der Waals surface area (Å²) in [7, 11) is 0. The highest BCUT2D eigenvalue weighted by Gasteiger charge is 2.47. The smallest absolute Gasteiger partial charge is 0.385 e. The molecule has 2 aliphatic heterocycles. The van der Waals surface area contributed by atoms with E-state index in [2.05, 4.69) is 22.0 Å². The van der Waals surface area contributed by atoms with Gasteiger partial charge in [-0.15, -0.1) is 0 Å². The Morgan fingerprint density at radius 2 is 1.74 bits per heavy atom. The molecule has 2 aliphatic rings. The summed E-state index contributed by atoms with van der Waals surface area (Å²) >= 11 is 0. The molecule has 2 fully saturated rings. The highest BCUT2D eigenvalue weighted by Crippen LogP contribution is 2.45. The van der Waals surface area contributed by atoms with E-state index in [0.29, 0.717) is 12.8 Å². The zero-order valence-electron chi connectivity index (χ0n) is 15.0. The fourth-order valence-electron chi connectivity index (χ4n) is 4.66. The minimum Gasteiger partial charge on any atom is -0.385 e. The first-order valence-corrected chi connectivity index (χ1v) is 9.40. The van der Waals surface area contributed by atoms with Crippen LogP contribution in [0.4, 0.5) is 13.2 Å².